The Hall–Kier alpha value is -4.40. The molecule has 4 rings (SSSR count). The Morgan fingerprint density at radius 2 is 1.97 bits per heavy atom. The van der Waals surface area contributed by atoms with Crippen LogP contribution in [0.15, 0.2) is 66.9 Å². The van der Waals surface area contributed by atoms with Gasteiger partial charge in [0.25, 0.3) is 0 Å². The maximum absolute atomic E-state index is 6.56. The number of allylic oxidation sites excluding steroid dienone is 1. The SMILES string of the molecule is C[NH+]=CC(=C(N)CN(C)c1cccnc1)c1cnc2ccc(Nc3cc(C(C)C)cnn3)nc2c1. The van der Waals surface area contributed by atoms with Crippen molar-refractivity contribution in [3.05, 3.63) is 78.0 Å². The molecule has 0 saturated heterocycles. The normalized spacial score (nSPS) is 12.3. The van der Waals surface area contributed by atoms with Gasteiger partial charge in [0.05, 0.1) is 41.2 Å². The predicted octanol–water partition coefficient (Wildman–Crippen LogP) is 2.27. The molecule has 0 radical (unpaired) electrons. The summed E-state index contributed by atoms with van der Waals surface area (Å²) in [6.45, 7) is 4.77. The fourth-order valence-electron chi connectivity index (χ4n) is 3.63. The molecule has 35 heavy (non-hydrogen) atoms. The maximum atomic E-state index is 6.56. The molecule has 0 atom stereocenters. The summed E-state index contributed by atoms with van der Waals surface area (Å²) in [5.41, 5.74) is 12.6. The summed E-state index contributed by atoms with van der Waals surface area (Å²) in [6.07, 6.45) is 9.04. The number of nitrogens with one attached hydrogen (secondary N) is 2. The van der Waals surface area contributed by atoms with Crippen LogP contribution >= 0.6 is 0 Å². The van der Waals surface area contributed by atoms with Gasteiger partial charge in [0, 0.05) is 30.7 Å². The van der Waals surface area contributed by atoms with Crippen LogP contribution in [0.25, 0.3) is 16.6 Å². The van der Waals surface area contributed by atoms with Crippen LogP contribution in [0.5, 0.6) is 0 Å². The second kappa shape index (κ2) is 10.7. The van der Waals surface area contributed by atoms with Gasteiger partial charge in [0.15, 0.2) is 12.0 Å². The molecule has 4 aromatic rings. The van der Waals surface area contributed by atoms with Crippen LogP contribution < -0.4 is 20.9 Å². The van der Waals surface area contributed by atoms with E-state index in [1.54, 1.807) is 12.4 Å². The second-order valence-corrected chi connectivity index (χ2v) is 8.55. The zero-order valence-electron chi connectivity index (χ0n) is 20.4. The lowest BCUT2D eigenvalue weighted by Gasteiger charge is -2.20. The summed E-state index contributed by atoms with van der Waals surface area (Å²) in [7, 11) is 3.83. The standard InChI is InChI=1S/C26H29N9/c1-17(2)18-11-26(34-31-13-18)33-25-8-7-23-24(32-25)10-19(12-30-23)21(15-28-3)22(27)16-35(4)20-6-5-9-29-14-20/h5-15,17H,16,27H2,1-4H3,(H,32,33,34)/p+1. The van der Waals surface area contributed by atoms with E-state index in [1.165, 1.54) is 0 Å². The molecule has 4 N–H and O–H groups in total. The fraction of sp³-hybridized carbons (Fsp3) is 0.231. The van der Waals surface area contributed by atoms with Crippen molar-refractivity contribution in [2.75, 3.05) is 30.9 Å². The number of hydrogen-bond donors (Lipinski definition) is 3. The van der Waals surface area contributed by atoms with Crippen molar-refractivity contribution in [2.45, 2.75) is 19.8 Å². The number of anilines is 3. The van der Waals surface area contributed by atoms with E-state index in [-0.39, 0.29) is 0 Å². The minimum absolute atomic E-state index is 0.360. The van der Waals surface area contributed by atoms with E-state index in [0.717, 1.165) is 33.4 Å². The van der Waals surface area contributed by atoms with Crippen LogP contribution in [0.3, 0.4) is 0 Å². The van der Waals surface area contributed by atoms with Crippen molar-refractivity contribution in [3.8, 4) is 0 Å². The molecule has 0 spiro atoms. The number of rotatable bonds is 8. The molecule has 0 amide bonds. The summed E-state index contributed by atoms with van der Waals surface area (Å²) in [5, 5.41) is 11.5. The first-order valence-corrected chi connectivity index (χ1v) is 11.4. The van der Waals surface area contributed by atoms with Gasteiger partial charge in [-0.25, -0.2) is 4.98 Å². The van der Waals surface area contributed by atoms with Gasteiger partial charge in [0.2, 0.25) is 0 Å². The van der Waals surface area contributed by atoms with E-state index in [9.17, 15) is 0 Å². The Labute approximate surface area is 204 Å². The van der Waals surface area contributed by atoms with Crippen LogP contribution in [0, 0.1) is 0 Å². The number of fused-ring (bicyclic) bond motifs is 1. The van der Waals surface area contributed by atoms with E-state index in [1.807, 2.05) is 74.0 Å². The first-order chi connectivity index (χ1) is 16.9. The van der Waals surface area contributed by atoms with Gasteiger partial charge in [-0.05, 0) is 47.9 Å². The lowest BCUT2D eigenvalue weighted by atomic mass is 10.1. The highest BCUT2D eigenvalue weighted by Gasteiger charge is 2.13. The third-order valence-electron chi connectivity index (χ3n) is 5.58. The Morgan fingerprint density at radius 1 is 1.11 bits per heavy atom. The number of likely N-dealkylation sites (N-methyl/N-ethyl adjacent to an activating group) is 1. The van der Waals surface area contributed by atoms with E-state index in [0.29, 0.717) is 29.8 Å². The Balaban J connectivity index is 1.64. The quantitative estimate of drug-likeness (QED) is 0.337. The third kappa shape index (κ3) is 5.75. The van der Waals surface area contributed by atoms with E-state index < -0.39 is 0 Å². The fourth-order valence-corrected chi connectivity index (χ4v) is 3.63. The van der Waals surface area contributed by atoms with Crippen molar-refractivity contribution in [2.24, 2.45) is 5.73 Å². The van der Waals surface area contributed by atoms with Crippen molar-refractivity contribution >= 4 is 40.1 Å². The highest BCUT2D eigenvalue weighted by Crippen LogP contribution is 2.23. The zero-order valence-corrected chi connectivity index (χ0v) is 20.4. The monoisotopic (exact) mass is 468 g/mol. The van der Waals surface area contributed by atoms with E-state index >= 15 is 0 Å². The van der Waals surface area contributed by atoms with Gasteiger partial charge in [-0.3, -0.25) is 15.0 Å². The molecule has 0 aliphatic carbocycles. The van der Waals surface area contributed by atoms with Crippen molar-refractivity contribution in [3.63, 3.8) is 0 Å². The summed E-state index contributed by atoms with van der Waals surface area (Å²) in [5.74, 6) is 1.68. The first kappa shape index (κ1) is 23.7. The topological polar surface area (TPSA) is 120 Å². The lowest BCUT2D eigenvalue weighted by Crippen LogP contribution is -2.63. The number of nitrogens with two attached hydrogens (primary N) is 1. The lowest BCUT2D eigenvalue weighted by molar-refractivity contribution is -0.412. The average Bonchev–Trinajstić information content (AvgIpc) is 2.87. The smallest absolute Gasteiger partial charge is 0.171 e. The maximum Gasteiger partial charge on any atom is 0.171 e. The van der Waals surface area contributed by atoms with Gasteiger partial charge >= 0.3 is 0 Å². The molecule has 0 saturated carbocycles. The number of aromatic nitrogens is 5. The molecule has 4 heterocycles. The van der Waals surface area contributed by atoms with E-state index in [4.69, 9.17) is 10.7 Å². The summed E-state index contributed by atoms with van der Waals surface area (Å²) in [6, 6.07) is 11.7. The Bertz CT molecular complexity index is 1360. The summed E-state index contributed by atoms with van der Waals surface area (Å²) < 4.78 is 0. The summed E-state index contributed by atoms with van der Waals surface area (Å²) in [4.78, 5) is 18.7. The van der Waals surface area contributed by atoms with Crippen LogP contribution in [0.1, 0.15) is 30.9 Å². The zero-order chi connectivity index (χ0) is 24.8. The molecule has 9 nitrogen and oxygen atoms in total. The largest absolute Gasteiger partial charge is 0.400 e. The van der Waals surface area contributed by atoms with Crippen LogP contribution in [0.2, 0.25) is 0 Å². The first-order valence-electron chi connectivity index (χ1n) is 11.4. The molecule has 0 fully saturated rings. The molecule has 9 heteroatoms. The molecule has 4 aromatic heterocycles. The van der Waals surface area contributed by atoms with Gasteiger partial charge in [0.1, 0.15) is 12.9 Å². The number of hydrogen-bond acceptors (Lipinski definition) is 8. The van der Waals surface area contributed by atoms with Gasteiger partial charge in [-0.15, -0.1) is 5.10 Å². The highest BCUT2D eigenvalue weighted by atomic mass is 15.2. The Morgan fingerprint density at radius 3 is 2.71 bits per heavy atom. The summed E-state index contributed by atoms with van der Waals surface area (Å²) >= 11 is 0. The third-order valence-corrected chi connectivity index (χ3v) is 5.58. The molecule has 0 bridgehead atoms. The average molecular weight is 469 g/mol. The van der Waals surface area contributed by atoms with Crippen LogP contribution in [0.4, 0.5) is 17.3 Å². The Kier molecular flexibility index (Phi) is 7.25. The second-order valence-electron chi connectivity index (χ2n) is 8.55. The minimum Gasteiger partial charge on any atom is -0.400 e. The molecule has 0 aromatic carbocycles. The van der Waals surface area contributed by atoms with Gasteiger partial charge in [-0.1, -0.05) is 13.8 Å². The highest BCUT2D eigenvalue weighted by molar-refractivity contribution is 6.09. The van der Waals surface area contributed by atoms with Gasteiger partial charge in [-0.2, -0.15) is 5.10 Å². The molecule has 0 aliphatic rings. The molecular weight excluding hydrogens is 438 g/mol. The number of nitrogens with zero attached hydrogens (tertiary/aromatic N) is 6. The minimum atomic E-state index is 0.360. The van der Waals surface area contributed by atoms with E-state index in [2.05, 4.69) is 44.3 Å². The van der Waals surface area contributed by atoms with Crippen molar-refractivity contribution in [1.82, 2.24) is 25.1 Å². The van der Waals surface area contributed by atoms with Gasteiger partial charge < -0.3 is 16.0 Å². The molecule has 0 unspecified atom stereocenters. The van der Waals surface area contributed by atoms with Crippen LogP contribution in [-0.2, 0) is 0 Å². The number of pyridine rings is 3. The molecule has 178 valence electrons. The van der Waals surface area contributed by atoms with Crippen molar-refractivity contribution in [1.29, 1.82) is 0 Å². The van der Waals surface area contributed by atoms with Crippen molar-refractivity contribution < 1.29 is 4.99 Å². The molecule has 0 aliphatic heterocycles. The molecular formula is C26H30N9+. The van der Waals surface area contributed by atoms with Crippen LogP contribution in [-0.4, -0.2) is 52.0 Å². The predicted molar refractivity (Wildman–Crippen MR) is 141 cm³/mol.